The summed E-state index contributed by atoms with van der Waals surface area (Å²) in [4.78, 5) is 18.8. The van der Waals surface area contributed by atoms with E-state index in [2.05, 4.69) is 23.9 Å². The number of carbonyl (C=O) groups is 1. The first-order valence-corrected chi connectivity index (χ1v) is 7.36. The predicted molar refractivity (Wildman–Crippen MR) is 78.7 cm³/mol. The van der Waals surface area contributed by atoms with Crippen LogP contribution >= 0.6 is 0 Å². The average molecular weight is 274 g/mol. The maximum atomic E-state index is 12.7. The van der Waals surface area contributed by atoms with Gasteiger partial charge < -0.3 is 4.90 Å². The van der Waals surface area contributed by atoms with Gasteiger partial charge in [0, 0.05) is 19.3 Å². The topological polar surface area (TPSA) is 50.5 Å². The molecule has 0 aliphatic rings. The summed E-state index contributed by atoms with van der Waals surface area (Å²) in [5, 5.41) is 4.21. The fourth-order valence-electron chi connectivity index (χ4n) is 2.15. The van der Waals surface area contributed by atoms with Crippen molar-refractivity contribution < 1.29 is 4.79 Å². The molecule has 5 nitrogen and oxygen atoms in total. The number of fused-ring (bicyclic) bond motifs is 1. The van der Waals surface area contributed by atoms with Crippen molar-refractivity contribution >= 4 is 11.6 Å². The van der Waals surface area contributed by atoms with Crippen LogP contribution in [0.5, 0.6) is 0 Å². The molecular formula is C15H22N4O. The van der Waals surface area contributed by atoms with Gasteiger partial charge >= 0.3 is 0 Å². The summed E-state index contributed by atoms with van der Waals surface area (Å²) < 4.78 is 1.62. The highest BCUT2D eigenvalue weighted by Crippen LogP contribution is 2.09. The Morgan fingerprint density at radius 2 is 1.95 bits per heavy atom. The first-order chi connectivity index (χ1) is 9.77. The van der Waals surface area contributed by atoms with Crippen LogP contribution < -0.4 is 0 Å². The molecule has 108 valence electrons. The van der Waals surface area contributed by atoms with Crippen molar-refractivity contribution in [2.75, 3.05) is 13.1 Å². The standard InChI is InChI=1S/C15H22N4O/c1-3-5-10-18(11-6-4-2)15(20)13-12-16-14-8-7-9-17-19(13)14/h7-9,12H,3-6,10-11H2,1-2H3. The second-order valence-electron chi connectivity index (χ2n) is 4.94. The largest absolute Gasteiger partial charge is 0.337 e. The minimum Gasteiger partial charge on any atom is -0.337 e. The molecule has 2 rings (SSSR count). The zero-order chi connectivity index (χ0) is 14.4. The summed E-state index contributed by atoms with van der Waals surface area (Å²) in [6.45, 7) is 5.88. The van der Waals surface area contributed by atoms with Crippen LogP contribution in [-0.2, 0) is 0 Å². The third kappa shape index (κ3) is 3.15. The van der Waals surface area contributed by atoms with Gasteiger partial charge in [-0.2, -0.15) is 5.10 Å². The van der Waals surface area contributed by atoms with Crippen LogP contribution in [0.4, 0.5) is 0 Å². The minimum atomic E-state index is 0.0260. The third-order valence-electron chi connectivity index (χ3n) is 3.35. The normalized spacial score (nSPS) is 10.9. The quantitative estimate of drug-likeness (QED) is 0.780. The van der Waals surface area contributed by atoms with Crippen molar-refractivity contribution in [3.63, 3.8) is 0 Å². The monoisotopic (exact) mass is 274 g/mol. The van der Waals surface area contributed by atoms with Crippen molar-refractivity contribution in [1.82, 2.24) is 19.5 Å². The average Bonchev–Trinajstić information content (AvgIpc) is 2.91. The smallest absolute Gasteiger partial charge is 0.274 e. The molecule has 5 heteroatoms. The lowest BCUT2D eigenvalue weighted by Crippen LogP contribution is -2.33. The lowest BCUT2D eigenvalue weighted by Gasteiger charge is -2.21. The van der Waals surface area contributed by atoms with Crippen molar-refractivity contribution in [3.05, 3.63) is 30.2 Å². The van der Waals surface area contributed by atoms with Crippen LogP contribution in [0.2, 0.25) is 0 Å². The molecule has 20 heavy (non-hydrogen) atoms. The van der Waals surface area contributed by atoms with E-state index in [0.717, 1.165) is 38.8 Å². The lowest BCUT2D eigenvalue weighted by molar-refractivity contribution is 0.0742. The molecule has 0 N–H and O–H groups in total. The number of carbonyl (C=O) groups excluding carboxylic acids is 1. The SMILES string of the molecule is CCCCN(CCCC)C(=O)c1cnc2cccnn12. The van der Waals surface area contributed by atoms with E-state index in [1.807, 2.05) is 17.0 Å². The van der Waals surface area contributed by atoms with Gasteiger partial charge in [0.2, 0.25) is 0 Å². The highest BCUT2D eigenvalue weighted by Gasteiger charge is 2.19. The highest BCUT2D eigenvalue weighted by molar-refractivity contribution is 5.93. The number of hydrogen-bond acceptors (Lipinski definition) is 3. The van der Waals surface area contributed by atoms with Gasteiger partial charge in [-0.1, -0.05) is 26.7 Å². The Morgan fingerprint density at radius 3 is 2.60 bits per heavy atom. The summed E-state index contributed by atoms with van der Waals surface area (Å²) >= 11 is 0. The van der Waals surface area contributed by atoms with E-state index in [-0.39, 0.29) is 5.91 Å². The molecule has 0 aliphatic heterocycles. The zero-order valence-corrected chi connectivity index (χ0v) is 12.2. The van der Waals surface area contributed by atoms with Gasteiger partial charge in [-0.15, -0.1) is 0 Å². The number of imidazole rings is 1. The number of hydrogen-bond donors (Lipinski definition) is 0. The van der Waals surface area contributed by atoms with Gasteiger partial charge in [0.25, 0.3) is 5.91 Å². The summed E-state index contributed by atoms with van der Waals surface area (Å²) in [5.74, 6) is 0.0260. The molecule has 2 aromatic heterocycles. The summed E-state index contributed by atoms with van der Waals surface area (Å²) in [6.07, 6.45) is 7.52. The predicted octanol–water partition coefficient (Wildman–Crippen LogP) is 2.77. The van der Waals surface area contributed by atoms with E-state index in [4.69, 9.17) is 0 Å². The van der Waals surface area contributed by atoms with E-state index in [9.17, 15) is 4.79 Å². The van der Waals surface area contributed by atoms with Gasteiger partial charge in [0.15, 0.2) is 11.3 Å². The molecule has 0 saturated carbocycles. The summed E-state index contributed by atoms with van der Waals surface area (Å²) in [5.41, 5.74) is 1.26. The third-order valence-corrected chi connectivity index (χ3v) is 3.35. The highest BCUT2D eigenvalue weighted by atomic mass is 16.2. The number of aromatic nitrogens is 3. The van der Waals surface area contributed by atoms with E-state index in [1.165, 1.54) is 0 Å². The summed E-state index contributed by atoms with van der Waals surface area (Å²) in [7, 11) is 0. The van der Waals surface area contributed by atoms with Crippen LogP contribution in [-0.4, -0.2) is 38.5 Å². The maximum absolute atomic E-state index is 12.7. The first-order valence-electron chi connectivity index (χ1n) is 7.36. The Kier molecular flexibility index (Phi) is 5.09. The van der Waals surface area contributed by atoms with E-state index < -0.39 is 0 Å². The molecule has 0 bridgehead atoms. The number of nitrogens with zero attached hydrogens (tertiary/aromatic N) is 4. The van der Waals surface area contributed by atoms with Crippen molar-refractivity contribution in [3.8, 4) is 0 Å². The van der Waals surface area contributed by atoms with E-state index in [0.29, 0.717) is 11.3 Å². The van der Waals surface area contributed by atoms with E-state index >= 15 is 0 Å². The second-order valence-corrected chi connectivity index (χ2v) is 4.94. The maximum Gasteiger partial charge on any atom is 0.274 e. The number of amides is 1. The molecule has 0 atom stereocenters. The van der Waals surface area contributed by atoms with Crippen LogP contribution in [0.1, 0.15) is 50.0 Å². The van der Waals surface area contributed by atoms with Crippen molar-refractivity contribution in [2.45, 2.75) is 39.5 Å². The molecule has 0 radical (unpaired) electrons. The second kappa shape index (κ2) is 7.03. The molecular weight excluding hydrogens is 252 g/mol. The molecule has 2 aromatic rings. The molecule has 0 spiro atoms. The Hall–Kier alpha value is -1.91. The lowest BCUT2D eigenvalue weighted by atomic mass is 10.2. The Bertz CT molecular complexity index is 556. The molecule has 1 amide bonds. The fourth-order valence-corrected chi connectivity index (χ4v) is 2.15. The van der Waals surface area contributed by atoms with Crippen molar-refractivity contribution in [2.24, 2.45) is 0 Å². The van der Waals surface area contributed by atoms with Crippen molar-refractivity contribution in [1.29, 1.82) is 0 Å². The van der Waals surface area contributed by atoms with Gasteiger partial charge in [-0.25, -0.2) is 9.50 Å². The van der Waals surface area contributed by atoms with Gasteiger partial charge in [-0.05, 0) is 25.0 Å². The Morgan fingerprint density at radius 1 is 1.25 bits per heavy atom. The van der Waals surface area contributed by atoms with Crippen LogP contribution in [0.25, 0.3) is 5.65 Å². The van der Waals surface area contributed by atoms with Crippen LogP contribution in [0, 0.1) is 0 Å². The van der Waals surface area contributed by atoms with E-state index in [1.54, 1.807) is 16.9 Å². The minimum absolute atomic E-state index is 0.0260. The molecule has 0 saturated heterocycles. The van der Waals surface area contributed by atoms with Crippen LogP contribution in [0.15, 0.2) is 24.5 Å². The fraction of sp³-hybridized carbons (Fsp3) is 0.533. The zero-order valence-electron chi connectivity index (χ0n) is 12.2. The molecule has 0 aromatic carbocycles. The number of rotatable bonds is 7. The van der Waals surface area contributed by atoms with Crippen LogP contribution in [0.3, 0.4) is 0 Å². The van der Waals surface area contributed by atoms with Gasteiger partial charge in [-0.3, -0.25) is 4.79 Å². The Labute approximate surface area is 119 Å². The first kappa shape index (κ1) is 14.5. The Balaban J connectivity index is 2.21. The van der Waals surface area contributed by atoms with Gasteiger partial charge in [0.05, 0.1) is 6.20 Å². The molecule has 0 unspecified atom stereocenters. The molecule has 0 fully saturated rings. The molecule has 2 heterocycles. The number of unbranched alkanes of at least 4 members (excludes halogenated alkanes) is 2. The van der Waals surface area contributed by atoms with Gasteiger partial charge in [0.1, 0.15) is 0 Å². The summed E-state index contributed by atoms with van der Waals surface area (Å²) in [6, 6.07) is 3.68. The molecule has 0 aliphatic carbocycles.